The van der Waals surface area contributed by atoms with Gasteiger partial charge in [-0.1, -0.05) is 0 Å². The van der Waals surface area contributed by atoms with Crippen LogP contribution in [0.5, 0.6) is 0 Å². The van der Waals surface area contributed by atoms with Crippen molar-refractivity contribution in [2.24, 2.45) is 0 Å². The predicted octanol–water partition coefficient (Wildman–Crippen LogP) is -1.22. The van der Waals surface area contributed by atoms with Crippen molar-refractivity contribution >= 4 is 24.1 Å². The van der Waals surface area contributed by atoms with Crippen LogP contribution in [-0.4, -0.2) is 76.5 Å². The zero-order valence-corrected chi connectivity index (χ0v) is 12.6. The quantitative estimate of drug-likeness (QED) is 0.660. The van der Waals surface area contributed by atoms with Gasteiger partial charge in [-0.25, -0.2) is 0 Å². The van der Waals surface area contributed by atoms with E-state index in [4.69, 9.17) is 11.5 Å². The highest BCUT2D eigenvalue weighted by molar-refractivity contribution is 5.57. The summed E-state index contributed by atoms with van der Waals surface area (Å²) in [5, 5.41) is 0. The Morgan fingerprint density at radius 3 is 1.95 bits per heavy atom. The number of carbonyl (C=O) groups excluding carboxylic acids is 1. The van der Waals surface area contributed by atoms with Crippen molar-refractivity contribution in [3.05, 3.63) is 0 Å². The number of hydrogen-bond donors (Lipinski definition) is 2. The van der Waals surface area contributed by atoms with E-state index in [2.05, 4.69) is 24.8 Å². The second-order valence-corrected chi connectivity index (χ2v) is 5.67. The fourth-order valence-corrected chi connectivity index (χ4v) is 3.13. The molecule has 0 saturated carbocycles. The Kier molecular flexibility index (Phi) is 4.34. The monoisotopic (exact) mass is 306 g/mol. The van der Waals surface area contributed by atoms with Crippen molar-refractivity contribution in [1.29, 1.82) is 0 Å². The molecule has 120 valence electrons. The second kappa shape index (κ2) is 6.41. The zero-order valence-electron chi connectivity index (χ0n) is 12.6. The number of piperazine rings is 1. The van der Waals surface area contributed by atoms with Gasteiger partial charge in [0.05, 0.1) is 0 Å². The summed E-state index contributed by atoms with van der Waals surface area (Å²) in [6.45, 7) is 5.05. The third-order valence-electron chi connectivity index (χ3n) is 4.27. The second-order valence-electron chi connectivity index (χ2n) is 5.67. The van der Waals surface area contributed by atoms with Gasteiger partial charge in [-0.15, -0.1) is 0 Å². The standard InChI is InChI=1S/C13H22N8O/c14-11-16-12(15)18-13(17-11)21-7-5-20(6-8-21)10(9-22)19-3-1-2-4-19/h9-10H,1-8H2,(H4,14,15,16,17,18). The van der Waals surface area contributed by atoms with Crippen LogP contribution in [0.25, 0.3) is 0 Å². The molecule has 1 aromatic rings. The Morgan fingerprint density at radius 1 is 0.864 bits per heavy atom. The molecule has 2 saturated heterocycles. The van der Waals surface area contributed by atoms with Crippen molar-refractivity contribution in [1.82, 2.24) is 24.8 Å². The van der Waals surface area contributed by atoms with E-state index in [1.807, 2.05) is 4.90 Å². The lowest BCUT2D eigenvalue weighted by atomic mass is 10.3. The van der Waals surface area contributed by atoms with Gasteiger partial charge in [-0.05, 0) is 12.8 Å². The highest BCUT2D eigenvalue weighted by Gasteiger charge is 2.30. The summed E-state index contributed by atoms with van der Waals surface area (Å²) >= 11 is 0. The molecule has 22 heavy (non-hydrogen) atoms. The number of nitrogen functional groups attached to an aromatic ring is 2. The molecule has 0 spiro atoms. The van der Waals surface area contributed by atoms with Crippen LogP contribution in [0.2, 0.25) is 0 Å². The number of likely N-dealkylation sites (tertiary alicyclic amines) is 1. The maximum absolute atomic E-state index is 11.5. The lowest BCUT2D eigenvalue weighted by Gasteiger charge is -2.40. The van der Waals surface area contributed by atoms with Crippen LogP contribution in [-0.2, 0) is 4.79 Å². The molecule has 2 aliphatic rings. The molecule has 2 fully saturated rings. The molecule has 9 nitrogen and oxygen atoms in total. The van der Waals surface area contributed by atoms with E-state index in [1.165, 1.54) is 12.8 Å². The van der Waals surface area contributed by atoms with Crippen molar-refractivity contribution in [2.45, 2.75) is 19.0 Å². The Morgan fingerprint density at radius 2 is 1.41 bits per heavy atom. The lowest BCUT2D eigenvalue weighted by Crippen LogP contribution is -2.56. The molecule has 0 radical (unpaired) electrons. The lowest BCUT2D eigenvalue weighted by molar-refractivity contribution is -0.118. The Hall–Kier alpha value is -2.00. The molecule has 0 aliphatic carbocycles. The van der Waals surface area contributed by atoms with Gasteiger partial charge in [0.25, 0.3) is 0 Å². The van der Waals surface area contributed by atoms with Gasteiger partial charge >= 0.3 is 0 Å². The molecular weight excluding hydrogens is 284 g/mol. The van der Waals surface area contributed by atoms with Crippen LogP contribution in [0.3, 0.4) is 0 Å². The van der Waals surface area contributed by atoms with Gasteiger partial charge in [-0.2, -0.15) is 15.0 Å². The SMILES string of the molecule is Nc1nc(N)nc(N2CCN(C(C=O)N3CCCC3)CC2)n1. The van der Waals surface area contributed by atoms with Crippen LogP contribution in [0.1, 0.15) is 12.8 Å². The van der Waals surface area contributed by atoms with Crippen molar-refractivity contribution < 1.29 is 4.79 Å². The molecule has 1 aromatic heterocycles. The summed E-state index contributed by atoms with van der Waals surface area (Å²) in [6.07, 6.45) is 3.29. The molecule has 0 bridgehead atoms. The molecule has 2 aliphatic heterocycles. The fraction of sp³-hybridized carbons (Fsp3) is 0.692. The fourth-order valence-electron chi connectivity index (χ4n) is 3.13. The average Bonchev–Trinajstić information content (AvgIpc) is 3.02. The van der Waals surface area contributed by atoms with Gasteiger partial charge < -0.3 is 21.2 Å². The van der Waals surface area contributed by atoms with Gasteiger partial charge in [0.2, 0.25) is 17.8 Å². The number of carbonyl (C=O) groups is 1. The molecular formula is C13H22N8O. The van der Waals surface area contributed by atoms with E-state index in [9.17, 15) is 4.79 Å². The normalized spacial score (nSPS) is 21.9. The first-order chi connectivity index (χ1) is 10.7. The number of rotatable bonds is 4. The molecule has 0 aromatic carbocycles. The summed E-state index contributed by atoms with van der Waals surface area (Å²) in [6, 6.07) is 0. The van der Waals surface area contributed by atoms with Crippen LogP contribution >= 0.6 is 0 Å². The van der Waals surface area contributed by atoms with Crippen LogP contribution in [0, 0.1) is 0 Å². The molecule has 1 atom stereocenters. The largest absolute Gasteiger partial charge is 0.368 e. The average molecular weight is 306 g/mol. The predicted molar refractivity (Wildman–Crippen MR) is 83.1 cm³/mol. The zero-order chi connectivity index (χ0) is 15.5. The molecule has 0 amide bonds. The van der Waals surface area contributed by atoms with Crippen LogP contribution < -0.4 is 16.4 Å². The number of anilines is 3. The van der Waals surface area contributed by atoms with E-state index >= 15 is 0 Å². The summed E-state index contributed by atoms with van der Waals surface area (Å²) < 4.78 is 0. The summed E-state index contributed by atoms with van der Waals surface area (Å²) in [7, 11) is 0. The van der Waals surface area contributed by atoms with E-state index in [1.54, 1.807) is 0 Å². The van der Waals surface area contributed by atoms with Gasteiger partial charge in [0.1, 0.15) is 6.17 Å². The third-order valence-corrected chi connectivity index (χ3v) is 4.27. The Bertz CT molecular complexity index is 505. The van der Waals surface area contributed by atoms with Gasteiger partial charge in [-0.3, -0.25) is 9.80 Å². The smallest absolute Gasteiger partial charge is 0.232 e. The van der Waals surface area contributed by atoms with E-state index in [0.717, 1.165) is 45.6 Å². The highest BCUT2D eigenvalue weighted by Crippen LogP contribution is 2.18. The first-order valence-corrected chi connectivity index (χ1v) is 7.63. The Labute approximate surface area is 129 Å². The number of hydrogen-bond acceptors (Lipinski definition) is 9. The topological polar surface area (TPSA) is 117 Å². The van der Waals surface area contributed by atoms with Crippen molar-refractivity contribution in [3.8, 4) is 0 Å². The minimum Gasteiger partial charge on any atom is -0.368 e. The maximum Gasteiger partial charge on any atom is 0.232 e. The third kappa shape index (κ3) is 3.09. The van der Waals surface area contributed by atoms with E-state index in [0.29, 0.717) is 5.95 Å². The first-order valence-electron chi connectivity index (χ1n) is 7.63. The minimum atomic E-state index is -0.113. The maximum atomic E-state index is 11.5. The highest BCUT2D eigenvalue weighted by atomic mass is 16.1. The van der Waals surface area contributed by atoms with Crippen molar-refractivity contribution in [2.75, 3.05) is 55.6 Å². The molecule has 3 heterocycles. The number of nitrogens with two attached hydrogens (primary N) is 2. The molecule has 3 rings (SSSR count). The first kappa shape index (κ1) is 14.9. The minimum absolute atomic E-state index is 0.113. The summed E-state index contributed by atoms with van der Waals surface area (Å²) in [5.41, 5.74) is 11.2. The summed E-state index contributed by atoms with van der Waals surface area (Å²) in [5.74, 6) is 0.772. The number of aromatic nitrogens is 3. The number of nitrogens with zero attached hydrogens (tertiary/aromatic N) is 6. The summed E-state index contributed by atoms with van der Waals surface area (Å²) in [4.78, 5) is 30.0. The van der Waals surface area contributed by atoms with Gasteiger partial charge in [0.15, 0.2) is 6.29 Å². The molecule has 1 unspecified atom stereocenters. The number of aldehydes is 1. The van der Waals surface area contributed by atoms with Gasteiger partial charge in [0, 0.05) is 39.3 Å². The van der Waals surface area contributed by atoms with Crippen molar-refractivity contribution in [3.63, 3.8) is 0 Å². The van der Waals surface area contributed by atoms with Crippen LogP contribution in [0.15, 0.2) is 0 Å². The molecule has 9 heteroatoms. The van der Waals surface area contributed by atoms with E-state index < -0.39 is 0 Å². The Balaban J connectivity index is 1.62. The van der Waals surface area contributed by atoms with Crippen LogP contribution in [0.4, 0.5) is 17.8 Å². The molecule has 4 N–H and O–H groups in total. The van der Waals surface area contributed by atoms with E-state index in [-0.39, 0.29) is 18.1 Å².